The summed E-state index contributed by atoms with van der Waals surface area (Å²) >= 11 is 2.68. The van der Waals surface area contributed by atoms with Gasteiger partial charge in [0.1, 0.15) is 15.5 Å². The average molecular weight is 326 g/mol. The lowest BCUT2D eigenvalue weighted by Gasteiger charge is -2.11. The van der Waals surface area contributed by atoms with Crippen molar-refractivity contribution in [3.63, 3.8) is 0 Å². The lowest BCUT2D eigenvalue weighted by Crippen LogP contribution is -2.12. The smallest absolute Gasteiger partial charge is 0.350 e. The number of carbonyl (C=O) groups is 1. The predicted octanol–water partition coefficient (Wildman–Crippen LogP) is 2.99. The van der Waals surface area contributed by atoms with Crippen molar-refractivity contribution in [1.29, 1.82) is 0 Å². The van der Waals surface area contributed by atoms with Gasteiger partial charge in [0.2, 0.25) is 0 Å². The van der Waals surface area contributed by atoms with E-state index >= 15 is 0 Å². The Morgan fingerprint density at radius 3 is 2.76 bits per heavy atom. The van der Waals surface area contributed by atoms with Crippen LogP contribution < -0.4 is 11.1 Å². The molecule has 2 aromatic heterocycles. The first-order valence-electron chi connectivity index (χ1n) is 6.55. The first-order valence-corrected chi connectivity index (χ1v) is 8.59. The highest BCUT2D eigenvalue weighted by Crippen LogP contribution is 2.38. The summed E-state index contributed by atoms with van der Waals surface area (Å²) in [5, 5.41) is 4.59. The van der Waals surface area contributed by atoms with Gasteiger partial charge in [-0.2, -0.15) is 0 Å². The van der Waals surface area contributed by atoms with Crippen molar-refractivity contribution in [2.24, 2.45) is 0 Å². The van der Waals surface area contributed by atoms with E-state index in [-0.39, 0.29) is 6.04 Å². The molecule has 0 unspecified atom stereocenters. The Morgan fingerprint density at radius 2 is 2.19 bits per heavy atom. The molecule has 2 heterocycles. The van der Waals surface area contributed by atoms with Crippen molar-refractivity contribution < 1.29 is 9.53 Å². The van der Waals surface area contributed by atoms with Gasteiger partial charge in [-0.05, 0) is 27.0 Å². The minimum absolute atomic E-state index is 0.197. The van der Waals surface area contributed by atoms with E-state index < -0.39 is 5.97 Å². The first-order chi connectivity index (χ1) is 9.97. The molecule has 21 heavy (non-hydrogen) atoms. The molecule has 0 saturated carbocycles. The van der Waals surface area contributed by atoms with Crippen LogP contribution in [0.15, 0.2) is 5.16 Å². The van der Waals surface area contributed by atoms with Gasteiger partial charge in [0.25, 0.3) is 0 Å². The Kier molecular flexibility index (Phi) is 4.89. The second kappa shape index (κ2) is 6.48. The normalized spacial score (nSPS) is 11.1. The molecule has 3 N–H and O–H groups in total. The topological polar surface area (TPSA) is 90.1 Å². The number of ether oxygens (including phenoxy) is 1. The molecule has 0 aliphatic rings. The van der Waals surface area contributed by atoms with Crippen LogP contribution in [0.5, 0.6) is 0 Å². The van der Waals surface area contributed by atoms with Crippen LogP contribution in [0.25, 0.3) is 10.2 Å². The number of hydrogen-bond acceptors (Lipinski definition) is 8. The van der Waals surface area contributed by atoms with Crippen LogP contribution in [0, 0.1) is 0 Å². The van der Waals surface area contributed by atoms with Gasteiger partial charge < -0.3 is 15.8 Å². The number of fused-ring (bicyclic) bond motifs is 1. The summed E-state index contributed by atoms with van der Waals surface area (Å²) in [6, 6.07) is 0.197. The van der Waals surface area contributed by atoms with Gasteiger partial charge in [-0.15, -0.1) is 11.3 Å². The number of nitrogens with one attached hydrogen (secondary N) is 1. The highest BCUT2D eigenvalue weighted by atomic mass is 32.2. The van der Waals surface area contributed by atoms with Crippen molar-refractivity contribution >= 4 is 50.8 Å². The monoisotopic (exact) mass is 326 g/mol. The molecule has 0 aliphatic carbocycles. The third-order valence-corrected chi connectivity index (χ3v) is 4.26. The molecule has 114 valence electrons. The van der Waals surface area contributed by atoms with Crippen LogP contribution in [0.3, 0.4) is 0 Å². The number of carbonyl (C=O) groups excluding carboxylic acids is 1. The number of esters is 1. The zero-order chi connectivity index (χ0) is 15.6. The van der Waals surface area contributed by atoms with Gasteiger partial charge in [0.05, 0.1) is 17.7 Å². The standard InChI is InChI=1S/C13H18N4O2S2/c1-5-19-12(18)9-8(14)7-10(15-6(2)3)16-13(20-4)17-11(7)21-9/h6H,5,14H2,1-4H3,(H,15,16,17). The highest BCUT2D eigenvalue weighted by molar-refractivity contribution is 7.98. The Morgan fingerprint density at radius 1 is 1.48 bits per heavy atom. The molecule has 0 aliphatic heterocycles. The summed E-state index contributed by atoms with van der Waals surface area (Å²) in [6.45, 7) is 6.10. The number of anilines is 2. The summed E-state index contributed by atoms with van der Waals surface area (Å²) in [4.78, 5) is 21.9. The summed E-state index contributed by atoms with van der Waals surface area (Å²) in [7, 11) is 0. The summed E-state index contributed by atoms with van der Waals surface area (Å²) in [6.07, 6.45) is 1.91. The van der Waals surface area contributed by atoms with Crippen molar-refractivity contribution in [3.8, 4) is 0 Å². The Hall–Kier alpha value is -1.54. The largest absolute Gasteiger partial charge is 0.462 e. The predicted molar refractivity (Wildman–Crippen MR) is 88.3 cm³/mol. The van der Waals surface area contributed by atoms with Crippen molar-refractivity contribution in [2.45, 2.75) is 32.0 Å². The maximum atomic E-state index is 12.0. The molecule has 0 atom stereocenters. The molecule has 0 fully saturated rings. The Labute approximate surface area is 131 Å². The van der Waals surface area contributed by atoms with E-state index in [1.807, 2.05) is 20.1 Å². The molecule has 6 nitrogen and oxygen atoms in total. The van der Waals surface area contributed by atoms with Crippen LogP contribution in [-0.4, -0.2) is 34.8 Å². The van der Waals surface area contributed by atoms with E-state index in [9.17, 15) is 4.79 Å². The number of rotatable bonds is 5. The molecule has 0 radical (unpaired) electrons. The number of thiophene rings is 1. The van der Waals surface area contributed by atoms with Gasteiger partial charge in [-0.1, -0.05) is 11.8 Å². The molecule has 2 aromatic rings. The van der Waals surface area contributed by atoms with Crippen LogP contribution in [0.4, 0.5) is 11.5 Å². The summed E-state index contributed by atoms with van der Waals surface area (Å²) < 4.78 is 5.03. The quantitative estimate of drug-likeness (QED) is 0.496. The molecule has 0 aromatic carbocycles. The fourth-order valence-corrected chi connectivity index (χ4v) is 3.23. The van der Waals surface area contributed by atoms with Crippen LogP contribution in [-0.2, 0) is 4.74 Å². The third-order valence-electron chi connectivity index (χ3n) is 2.64. The maximum absolute atomic E-state index is 12.0. The van der Waals surface area contributed by atoms with Crippen LogP contribution in [0.1, 0.15) is 30.4 Å². The minimum Gasteiger partial charge on any atom is -0.462 e. The summed E-state index contributed by atoms with van der Waals surface area (Å²) in [5.74, 6) is 0.239. The number of nitrogen functional groups attached to an aromatic ring is 1. The third kappa shape index (κ3) is 3.21. The Bertz CT molecular complexity index is 670. The van der Waals surface area contributed by atoms with Crippen molar-refractivity contribution in [2.75, 3.05) is 23.9 Å². The number of nitrogens with zero attached hydrogens (tertiary/aromatic N) is 2. The molecule has 0 amide bonds. The molecule has 2 rings (SSSR count). The van der Waals surface area contributed by atoms with Crippen LogP contribution in [0.2, 0.25) is 0 Å². The highest BCUT2D eigenvalue weighted by Gasteiger charge is 2.22. The summed E-state index contributed by atoms with van der Waals surface area (Å²) in [5.41, 5.74) is 6.50. The number of thioether (sulfide) groups is 1. The maximum Gasteiger partial charge on any atom is 0.350 e. The SMILES string of the molecule is CCOC(=O)c1sc2nc(SC)nc(NC(C)C)c2c1N. The van der Waals surface area contributed by atoms with E-state index in [1.165, 1.54) is 23.1 Å². The van der Waals surface area contributed by atoms with Gasteiger partial charge in [-0.3, -0.25) is 0 Å². The molecule has 0 bridgehead atoms. The molecule has 0 spiro atoms. The minimum atomic E-state index is -0.417. The van der Waals surface area contributed by atoms with Crippen molar-refractivity contribution in [3.05, 3.63) is 4.88 Å². The van der Waals surface area contributed by atoms with E-state index in [1.54, 1.807) is 6.92 Å². The second-order valence-electron chi connectivity index (χ2n) is 4.60. The fourth-order valence-electron chi connectivity index (χ4n) is 1.82. The second-order valence-corrected chi connectivity index (χ2v) is 6.38. The number of aromatic nitrogens is 2. The van der Waals surface area contributed by atoms with Gasteiger partial charge in [0.15, 0.2) is 5.16 Å². The van der Waals surface area contributed by atoms with E-state index in [2.05, 4.69) is 15.3 Å². The Balaban J connectivity index is 2.62. The zero-order valence-electron chi connectivity index (χ0n) is 12.4. The number of nitrogens with two attached hydrogens (primary N) is 1. The van der Waals surface area contributed by atoms with E-state index in [4.69, 9.17) is 10.5 Å². The molecular weight excluding hydrogens is 308 g/mol. The number of hydrogen-bond donors (Lipinski definition) is 2. The molecule has 0 saturated heterocycles. The lowest BCUT2D eigenvalue weighted by molar-refractivity contribution is 0.0533. The molecular formula is C13H18N4O2S2. The zero-order valence-corrected chi connectivity index (χ0v) is 14.0. The van der Waals surface area contributed by atoms with E-state index in [0.717, 1.165) is 0 Å². The van der Waals surface area contributed by atoms with Gasteiger partial charge >= 0.3 is 5.97 Å². The average Bonchev–Trinajstić information content (AvgIpc) is 2.75. The van der Waals surface area contributed by atoms with Gasteiger partial charge in [-0.25, -0.2) is 14.8 Å². The molecule has 8 heteroatoms. The lowest BCUT2D eigenvalue weighted by atomic mass is 10.2. The first kappa shape index (κ1) is 15.8. The van der Waals surface area contributed by atoms with E-state index in [0.29, 0.717) is 38.4 Å². The van der Waals surface area contributed by atoms with Crippen LogP contribution >= 0.6 is 23.1 Å². The van der Waals surface area contributed by atoms with Crippen molar-refractivity contribution in [1.82, 2.24) is 9.97 Å². The fraction of sp³-hybridized carbons (Fsp3) is 0.462. The van der Waals surface area contributed by atoms with Gasteiger partial charge in [0, 0.05) is 6.04 Å².